The first-order valence-corrected chi connectivity index (χ1v) is 6.69. The lowest BCUT2D eigenvalue weighted by atomic mass is 10.1. The Morgan fingerprint density at radius 2 is 2.05 bits per heavy atom. The molecule has 110 valence electrons. The topological polar surface area (TPSA) is 82.1 Å². The molecule has 0 aliphatic heterocycles. The van der Waals surface area contributed by atoms with Crippen molar-refractivity contribution in [3.63, 3.8) is 0 Å². The highest BCUT2D eigenvalue weighted by molar-refractivity contribution is 5.69. The number of aliphatic hydroxyl groups is 1. The van der Waals surface area contributed by atoms with Crippen LogP contribution in [0, 0.1) is 5.92 Å². The van der Waals surface area contributed by atoms with Crippen molar-refractivity contribution in [3.8, 4) is 0 Å². The number of aliphatic hydroxyl groups excluding tert-OH is 1. The van der Waals surface area contributed by atoms with Gasteiger partial charge in [0.05, 0.1) is 6.33 Å². The fraction of sp³-hybridized carbons (Fsp3) is 0.615. The maximum Gasteiger partial charge on any atom is 0.332 e. The molecule has 0 amide bonds. The zero-order valence-corrected chi connectivity index (χ0v) is 12.0. The van der Waals surface area contributed by atoms with E-state index in [4.69, 9.17) is 5.11 Å². The number of fused-ring (bicyclic) bond motifs is 1. The Labute approximate surface area is 116 Å². The zero-order valence-electron chi connectivity index (χ0n) is 12.0. The second-order valence-corrected chi connectivity index (χ2v) is 5.26. The molecule has 2 rings (SSSR count). The van der Waals surface area contributed by atoms with E-state index in [-0.39, 0.29) is 23.8 Å². The van der Waals surface area contributed by atoms with Crippen LogP contribution in [0.5, 0.6) is 0 Å². The summed E-state index contributed by atoms with van der Waals surface area (Å²) in [6.07, 6.45) is 2.99. The molecule has 0 saturated heterocycles. The van der Waals surface area contributed by atoms with E-state index in [1.807, 2.05) is 6.92 Å². The Morgan fingerprint density at radius 3 is 2.70 bits per heavy atom. The van der Waals surface area contributed by atoms with Crippen LogP contribution in [0.1, 0.15) is 19.8 Å². The molecule has 0 bridgehead atoms. The molecule has 7 heteroatoms. The first-order valence-electron chi connectivity index (χ1n) is 6.69. The van der Waals surface area contributed by atoms with Crippen LogP contribution in [0.2, 0.25) is 0 Å². The van der Waals surface area contributed by atoms with E-state index >= 15 is 0 Å². The van der Waals surface area contributed by atoms with Gasteiger partial charge in [-0.3, -0.25) is 13.9 Å². The van der Waals surface area contributed by atoms with Crippen LogP contribution in [-0.2, 0) is 20.6 Å². The third-order valence-corrected chi connectivity index (χ3v) is 3.59. The number of aryl methyl sites for hydroxylation is 2. The molecule has 1 atom stereocenters. The molecule has 1 unspecified atom stereocenters. The molecule has 1 N–H and O–H groups in total. The van der Waals surface area contributed by atoms with Crippen molar-refractivity contribution < 1.29 is 5.11 Å². The van der Waals surface area contributed by atoms with E-state index in [0.29, 0.717) is 24.1 Å². The Hall–Kier alpha value is -1.89. The highest BCUT2D eigenvalue weighted by atomic mass is 16.3. The number of aromatic nitrogens is 4. The Bertz CT molecular complexity index is 726. The van der Waals surface area contributed by atoms with Crippen molar-refractivity contribution >= 4 is 11.2 Å². The highest BCUT2D eigenvalue weighted by Gasteiger charge is 2.14. The molecular weight excluding hydrogens is 260 g/mol. The lowest BCUT2D eigenvalue weighted by Gasteiger charge is -2.10. The van der Waals surface area contributed by atoms with Gasteiger partial charge >= 0.3 is 5.69 Å². The first kappa shape index (κ1) is 14.5. The standard InChI is InChI=1S/C13H20N4O3/c1-9(7-18)5-4-6-17-12(19)10-11(14-8-15(10)2)16(3)13(17)20/h8-9,18H,4-7H2,1-3H3. The maximum absolute atomic E-state index is 12.4. The molecule has 20 heavy (non-hydrogen) atoms. The predicted molar refractivity (Wildman–Crippen MR) is 75.7 cm³/mol. The Balaban J connectivity index is 2.41. The summed E-state index contributed by atoms with van der Waals surface area (Å²) in [6.45, 7) is 2.41. The molecule has 2 heterocycles. The number of nitrogens with zero attached hydrogens (tertiary/aromatic N) is 4. The van der Waals surface area contributed by atoms with Crippen LogP contribution >= 0.6 is 0 Å². The largest absolute Gasteiger partial charge is 0.396 e. The molecular formula is C13H20N4O3. The molecule has 0 spiro atoms. The molecule has 0 aliphatic rings. The Kier molecular flexibility index (Phi) is 4.08. The molecule has 0 fully saturated rings. The monoisotopic (exact) mass is 280 g/mol. The van der Waals surface area contributed by atoms with E-state index < -0.39 is 0 Å². The fourth-order valence-electron chi connectivity index (χ4n) is 2.28. The average molecular weight is 280 g/mol. The number of hydrogen-bond acceptors (Lipinski definition) is 4. The highest BCUT2D eigenvalue weighted by Crippen LogP contribution is 2.06. The Morgan fingerprint density at radius 1 is 1.35 bits per heavy atom. The normalized spacial score (nSPS) is 13.0. The molecule has 0 radical (unpaired) electrons. The SMILES string of the molecule is CC(CO)CCCn1c(=O)c2c(ncn2C)n(C)c1=O. The van der Waals surface area contributed by atoms with Gasteiger partial charge in [0, 0.05) is 27.2 Å². The summed E-state index contributed by atoms with van der Waals surface area (Å²) >= 11 is 0. The van der Waals surface area contributed by atoms with Gasteiger partial charge in [-0.15, -0.1) is 0 Å². The average Bonchev–Trinajstić information content (AvgIpc) is 2.82. The van der Waals surface area contributed by atoms with Gasteiger partial charge in [0.1, 0.15) is 0 Å². The van der Waals surface area contributed by atoms with E-state index in [2.05, 4.69) is 4.98 Å². The summed E-state index contributed by atoms with van der Waals surface area (Å²) in [5.41, 5.74) is 0.183. The van der Waals surface area contributed by atoms with Crippen molar-refractivity contribution in [2.45, 2.75) is 26.3 Å². The van der Waals surface area contributed by atoms with Gasteiger partial charge in [0.2, 0.25) is 0 Å². The van der Waals surface area contributed by atoms with Gasteiger partial charge in [-0.25, -0.2) is 9.78 Å². The second kappa shape index (κ2) is 5.62. The number of rotatable bonds is 5. The lowest BCUT2D eigenvalue weighted by Crippen LogP contribution is -2.39. The van der Waals surface area contributed by atoms with Crippen LogP contribution in [0.15, 0.2) is 15.9 Å². The van der Waals surface area contributed by atoms with Crippen LogP contribution in [-0.4, -0.2) is 30.4 Å². The van der Waals surface area contributed by atoms with Gasteiger partial charge in [0.25, 0.3) is 5.56 Å². The van der Waals surface area contributed by atoms with Crippen LogP contribution in [0.3, 0.4) is 0 Å². The van der Waals surface area contributed by atoms with E-state index in [9.17, 15) is 9.59 Å². The minimum Gasteiger partial charge on any atom is -0.396 e. The fourth-order valence-corrected chi connectivity index (χ4v) is 2.28. The van der Waals surface area contributed by atoms with Crippen molar-refractivity contribution in [2.24, 2.45) is 20.0 Å². The van der Waals surface area contributed by atoms with Gasteiger partial charge in [-0.05, 0) is 18.8 Å². The smallest absolute Gasteiger partial charge is 0.332 e. The van der Waals surface area contributed by atoms with Crippen molar-refractivity contribution in [1.29, 1.82) is 0 Å². The molecule has 2 aromatic rings. The summed E-state index contributed by atoms with van der Waals surface area (Å²) in [4.78, 5) is 28.6. The third-order valence-electron chi connectivity index (χ3n) is 3.59. The van der Waals surface area contributed by atoms with Crippen molar-refractivity contribution in [3.05, 3.63) is 27.2 Å². The summed E-state index contributed by atoms with van der Waals surface area (Å²) < 4.78 is 4.27. The van der Waals surface area contributed by atoms with Gasteiger partial charge in [-0.1, -0.05) is 6.92 Å². The minimum atomic E-state index is -0.349. The van der Waals surface area contributed by atoms with Gasteiger partial charge in [-0.2, -0.15) is 0 Å². The van der Waals surface area contributed by atoms with Crippen LogP contribution in [0.4, 0.5) is 0 Å². The summed E-state index contributed by atoms with van der Waals surface area (Å²) in [6, 6.07) is 0. The minimum absolute atomic E-state index is 0.119. The lowest BCUT2D eigenvalue weighted by molar-refractivity contribution is 0.226. The maximum atomic E-state index is 12.4. The van der Waals surface area contributed by atoms with Crippen LogP contribution < -0.4 is 11.2 Å². The second-order valence-electron chi connectivity index (χ2n) is 5.26. The number of hydrogen-bond donors (Lipinski definition) is 1. The van der Waals surface area contributed by atoms with Crippen molar-refractivity contribution in [2.75, 3.05) is 6.61 Å². The summed E-state index contributed by atoms with van der Waals surface area (Å²) in [5, 5.41) is 8.99. The predicted octanol–water partition coefficient (Wildman–Crippen LogP) is -0.158. The summed E-state index contributed by atoms with van der Waals surface area (Å²) in [7, 11) is 3.35. The molecule has 2 aromatic heterocycles. The van der Waals surface area contributed by atoms with E-state index in [0.717, 1.165) is 6.42 Å². The van der Waals surface area contributed by atoms with Gasteiger partial charge < -0.3 is 9.67 Å². The van der Waals surface area contributed by atoms with Crippen LogP contribution in [0.25, 0.3) is 11.2 Å². The molecule has 0 aliphatic carbocycles. The molecule has 0 saturated carbocycles. The quantitative estimate of drug-likeness (QED) is 0.825. The first-order chi connectivity index (χ1) is 9.47. The zero-order chi connectivity index (χ0) is 14.9. The number of imidazole rings is 1. The van der Waals surface area contributed by atoms with E-state index in [1.54, 1.807) is 18.7 Å². The third kappa shape index (κ3) is 2.40. The summed E-state index contributed by atoms with van der Waals surface area (Å²) in [5.74, 6) is 0.176. The van der Waals surface area contributed by atoms with Crippen molar-refractivity contribution in [1.82, 2.24) is 18.7 Å². The van der Waals surface area contributed by atoms with Gasteiger partial charge in [0.15, 0.2) is 11.2 Å². The van der Waals surface area contributed by atoms with E-state index in [1.165, 1.54) is 15.5 Å². The molecule has 7 nitrogen and oxygen atoms in total. The molecule has 0 aromatic carbocycles.